The molecular formula is C14H11FN2O. The summed E-state index contributed by atoms with van der Waals surface area (Å²) in [6.45, 7) is 0.973. The maximum absolute atomic E-state index is 13.7. The fraction of sp³-hybridized carbons (Fsp3) is 0.286. The lowest BCUT2D eigenvalue weighted by atomic mass is 10.1. The van der Waals surface area contributed by atoms with Crippen molar-refractivity contribution < 1.29 is 9.18 Å². The lowest BCUT2D eigenvalue weighted by Gasteiger charge is -1.98. The minimum atomic E-state index is -0.807. The van der Waals surface area contributed by atoms with Gasteiger partial charge in [-0.25, -0.2) is 9.38 Å². The second-order valence-electron chi connectivity index (χ2n) is 4.35. The molecule has 4 heteroatoms. The van der Waals surface area contributed by atoms with E-state index in [0.717, 1.165) is 19.4 Å². The third-order valence-corrected chi connectivity index (χ3v) is 3.11. The lowest BCUT2D eigenvalue weighted by Crippen LogP contribution is -2.26. The number of nitrogens with zero attached hydrogens (tertiary/aromatic N) is 1. The van der Waals surface area contributed by atoms with E-state index in [4.69, 9.17) is 0 Å². The minimum absolute atomic E-state index is 0.165. The van der Waals surface area contributed by atoms with Crippen molar-refractivity contribution >= 4 is 11.7 Å². The zero-order valence-electron chi connectivity index (χ0n) is 9.66. The van der Waals surface area contributed by atoms with Crippen LogP contribution in [0.2, 0.25) is 0 Å². The van der Waals surface area contributed by atoms with Crippen LogP contribution in [0.1, 0.15) is 18.4 Å². The normalized spacial score (nSPS) is 21.3. The summed E-state index contributed by atoms with van der Waals surface area (Å²) in [4.78, 5) is 14.8. The average Bonchev–Trinajstić information content (AvgIpc) is 2.97. The van der Waals surface area contributed by atoms with Crippen molar-refractivity contribution in [1.29, 1.82) is 0 Å². The first-order valence-electron chi connectivity index (χ1n) is 5.92. The fourth-order valence-corrected chi connectivity index (χ4v) is 2.21. The molecule has 90 valence electrons. The quantitative estimate of drug-likeness (QED) is 0.652. The molecule has 1 unspecified atom stereocenters. The molecule has 0 aliphatic carbocycles. The highest BCUT2D eigenvalue weighted by Gasteiger charge is 2.17. The van der Waals surface area contributed by atoms with Crippen LogP contribution in [0, 0.1) is 11.8 Å². The maximum atomic E-state index is 13.7. The summed E-state index contributed by atoms with van der Waals surface area (Å²) in [6, 6.07) is 5.24. The second-order valence-corrected chi connectivity index (χ2v) is 4.35. The molecule has 0 radical (unpaired) electrons. The van der Waals surface area contributed by atoms with Gasteiger partial charge in [-0.1, -0.05) is 17.9 Å². The molecule has 18 heavy (non-hydrogen) atoms. The summed E-state index contributed by atoms with van der Waals surface area (Å²) in [5.74, 6) is 4.42. The monoisotopic (exact) mass is 242 g/mol. The van der Waals surface area contributed by atoms with E-state index in [1.807, 2.05) is 0 Å². The molecule has 2 aliphatic rings. The number of carbonyl (C=O) groups excluding carboxylic acids is 1. The Bertz CT molecular complexity index is 691. The lowest BCUT2D eigenvalue weighted by molar-refractivity contribution is -0.113. The number of fused-ring (bicyclic) bond motifs is 1. The number of amides is 1. The highest BCUT2D eigenvalue weighted by Crippen LogP contribution is 2.05. The third-order valence-electron chi connectivity index (χ3n) is 3.11. The topological polar surface area (TPSA) is 41.5 Å². The largest absolute Gasteiger partial charge is 0.307 e. The van der Waals surface area contributed by atoms with Gasteiger partial charge in [-0.2, -0.15) is 0 Å². The van der Waals surface area contributed by atoms with Crippen molar-refractivity contribution in [3.05, 3.63) is 34.3 Å². The molecule has 3 nitrogen and oxygen atoms in total. The number of nitrogens with one attached hydrogen (secondary N) is 1. The highest BCUT2D eigenvalue weighted by molar-refractivity contribution is 6.12. The van der Waals surface area contributed by atoms with Crippen molar-refractivity contribution in [2.45, 2.75) is 18.9 Å². The molecule has 1 saturated heterocycles. The predicted molar refractivity (Wildman–Crippen MR) is 64.6 cm³/mol. The van der Waals surface area contributed by atoms with Gasteiger partial charge in [0.2, 0.25) is 5.83 Å². The zero-order valence-corrected chi connectivity index (χ0v) is 9.66. The third kappa shape index (κ3) is 1.83. The first kappa shape index (κ1) is 11.1. The van der Waals surface area contributed by atoms with Crippen LogP contribution in [0.3, 0.4) is 0 Å². The van der Waals surface area contributed by atoms with E-state index in [1.54, 1.807) is 18.2 Å². The van der Waals surface area contributed by atoms with Crippen LogP contribution in [-0.4, -0.2) is 18.5 Å². The molecule has 0 saturated carbocycles. The van der Waals surface area contributed by atoms with Crippen molar-refractivity contribution in [2.24, 2.45) is 4.99 Å². The van der Waals surface area contributed by atoms with E-state index in [0.29, 0.717) is 10.9 Å². The van der Waals surface area contributed by atoms with Crippen LogP contribution in [0.5, 0.6) is 0 Å². The zero-order chi connectivity index (χ0) is 12.5. The van der Waals surface area contributed by atoms with E-state index >= 15 is 0 Å². The summed E-state index contributed by atoms with van der Waals surface area (Å²) in [6.07, 6.45) is 2.12. The summed E-state index contributed by atoms with van der Waals surface area (Å²) in [5.41, 5.74) is 0.535. The Morgan fingerprint density at radius 3 is 3.11 bits per heavy atom. The standard InChI is InChI=1S/C14H11FN2O/c15-13-12-9(6-7-10-4-2-8-16-10)3-1-5-11(12)17-14(13)18/h1,3,5,10,16H,2,4,8H2. The predicted octanol–water partition coefficient (Wildman–Crippen LogP) is 0.0276. The van der Waals surface area contributed by atoms with E-state index in [1.165, 1.54) is 0 Å². The number of rotatable bonds is 0. The van der Waals surface area contributed by atoms with Crippen molar-refractivity contribution in [1.82, 2.24) is 5.32 Å². The van der Waals surface area contributed by atoms with E-state index < -0.39 is 11.7 Å². The molecule has 0 bridgehead atoms. The van der Waals surface area contributed by atoms with Crippen molar-refractivity contribution in [2.75, 3.05) is 6.54 Å². The summed E-state index contributed by atoms with van der Waals surface area (Å²) < 4.78 is 13.7. The van der Waals surface area contributed by atoms with E-state index in [9.17, 15) is 9.18 Å². The molecule has 0 aromatic heterocycles. The molecule has 1 N–H and O–H groups in total. The van der Waals surface area contributed by atoms with Gasteiger partial charge in [-0.15, -0.1) is 0 Å². The number of carbonyl (C=O) groups is 1. The minimum Gasteiger partial charge on any atom is -0.304 e. The van der Waals surface area contributed by atoms with E-state index in [2.05, 4.69) is 22.2 Å². The molecule has 1 aromatic rings. The Kier molecular flexibility index (Phi) is 2.69. The molecule has 3 rings (SSSR count). The second kappa shape index (κ2) is 4.35. The Hall–Kier alpha value is -1.99. The Morgan fingerprint density at radius 2 is 2.33 bits per heavy atom. The van der Waals surface area contributed by atoms with Crippen LogP contribution in [0.25, 0.3) is 5.83 Å². The van der Waals surface area contributed by atoms with Gasteiger partial charge in [0.15, 0.2) is 0 Å². The smallest absolute Gasteiger partial charge is 0.304 e. The molecule has 2 aliphatic heterocycles. The molecule has 0 spiro atoms. The van der Waals surface area contributed by atoms with Crippen LogP contribution < -0.4 is 15.9 Å². The molecular weight excluding hydrogens is 231 g/mol. The Morgan fingerprint density at radius 1 is 1.44 bits per heavy atom. The molecule has 1 fully saturated rings. The summed E-state index contributed by atoms with van der Waals surface area (Å²) in [5, 5.41) is 3.87. The fourth-order valence-electron chi connectivity index (χ4n) is 2.21. The van der Waals surface area contributed by atoms with Gasteiger partial charge in [0.25, 0.3) is 0 Å². The summed E-state index contributed by atoms with van der Waals surface area (Å²) in [7, 11) is 0. The van der Waals surface area contributed by atoms with Gasteiger partial charge in [0.05, 0.1) is 16.6 Å². The van der Waals surface area contributed by atoms with Gasteiger partial charge in [-0.05, 0) is 31.5 Å². The van der Waals surface area contributed by atoms with Gasteiger partial charge >= 0.3 is 5.91 Å². The van der Waals surface area contributed by atoms with Gasteiger partial charge in [0, 0.05) is 5.56 Å². The summed E-state index contributed by atoms with van der Waals surface area (Å²) >= 11 is 0. The van der Waals surface area contributed by atoms with Crippen LogP contribution in [0.15, 0.2) is 23.2 Å². The van der Waals surface area contributed by atoms with Crippen molar-refractivity contribution in [3.8, 4) is 11.8 Å². The van der Waals surface area contributed by atoms with E-state index in [-0.39, 0.29) is 11.3 Å². The Balaban J connectivity index is 2.08. The average molecular weight is 242 g/mol. The van der Waals surface area contributed by atoms with Crippen molar-refractivity contribution in [3.63, 3.8) is 0 Å². The first-order valence-corrected chi connectivity index (χ1v) is 5.92. The molecule has 1 atom stereocenters. The van der Waals surface area contributed by atoms with Crippen LogP contribution >= 0.6 is 0 Å². The maximum Gasteiger partial charge on any atom is 0.307 e. The number of halogens is 1. The van der Waals surface area contributed by atoms with Gasteiger partial charge in [0.1, 0.15) is 0 Å². The van der Waals surface area contributed by atoms with Gasteiger partial charge < -0.3 is 5.32 Å². The number of benzene rings is 1. The number of hydrogen-bond acceptors (Lipinski definition) is 2. The highest BCUT2D eigenvalue weighted by atomic mass is 19.1. The SMILES string of the molecule is O=C1N=c2cccc(C#CC3CCCN3)c2=C1F. The molecule has 1 amide bonds. The van der Waals surface area contributed by atoms with Crippen LogP contribution in [0.4, 0.5) is 4.39 Å². The molecule has 1 aromatic carbocycles. The Labute approximate surface area is 103 Å². The van der Waals surface area contributed by atoms with Gasteiger partial charge in [-0.3, -0.25) is 4.79 Å². The van der Waals surface area contributed by atoms with Crippen LogP contribution in [-0.2, 0) is 4.79 Å². The number of hydrogen-bond donors (Lipinski definition) is 1. The first-order chi connectivity index (χ1) is 8.75. The molecule has 2 heterocycles.